The predicted molar refractivity (Wildman–Crippen MR) is 79.4 cm³/mol. The van der Waals surface area contributed by atoms with Crippen molar-refractivity contribution in [2.75, 3.05) is 51.4 Å². The fourth-order valence-electron chi connectivity index (χ4n) is 2.95. The highest BCUT2D eigenvalue weighted by molar-refractivity contribution is 7.99. The quantitative estimate of drug-likeness (QED) is 0.715. The number of nitrogens with zero attached hydrogens (tertiary/aromatic N) is 1. The molecule has 2 aliphatic heterocycles. The average Bonchev–Trinajstić information content (AvgIpc) is 2.86. The lowest BCUT2D eigenvalue weighted by molar-refractivity contribution is 0.178. The maximum atomic E-state index is 5.11. The van der Waals surface area contributed by atoms with E-state index in [-0.39, 0.29) is 0 Å². The molecule has 0 radical (unpaired) electrons. The standard InChI is InChI=1S/C14H28N2OS/c1-17-8-2-6-16-7-3-13(12-16)11-15-14-4-9-18-10-5-14/h13-15H,2-12H2,1H3. The van der Waals surface area contributed by atoms with E-state index in [0.29, 0.717) is 0 Å². The Balaban J connectivity index is 1.54. The van der Waals surface area contributed by atoms with Gasteiger partial charge in [0.2, 0.25) is 0 Å². The van der Waals surface area contributed by atoms with Gasteiger partial charge in [0.05, 0.1) is 0 Å². The van der Waals surface area contributed by atoms with Crippen molar-refractivity contribution in [1.82, 2.24) is 10.2 Å². The van der Waals surface area contributed by atoms with Gasteiger partial charge < -0.3 is 15.0 Å². The molecule has 2 fully saturated rings. The van der Waals surface area contributed by atoms with E-state index < -0.39 is 0 Å². The molecule has 2 rings (SSSR count). The molecule has 18 heavy (non-hydrogen) atoms. The van der Waals surface area contributed by atoms with Crippen LogP contribution in [0.3, 0.4) is 0 Å². The Morgan fingerprint density at radius 1 is 1.28 bits per heavy atom. The normalized spacial score (nSPS) is 26.8. The number of rotatable bonds is 7. The summed E-state index contributed by atoms with van der Waals surface area (Å²) < 4.78 is 5.11. The van der Waals surface area contributed by atoms with Crippen LogP contribution in [0.5, 0.6) is 0 Å². The van der Waals surface area contributed by atoms with Crippen molar-refractivity contribution in [1.29, 1.82) is 0 Å². The third-order valence-electron chi connectivity index (χ3n) is 4.11. The fourth-order valence-corrected chi connectivity index (χ4v) is 4.06. The summed E-state index contributed by atoms with van der Waals surface area (Å²) in [5, 5.41) is 3.79. The van der Waals surface area contributed by atoms with E-state index in [0.717, 1.165) is 18.6 Å². The lowest BCUT2D eigenvalue weighted by Gasteiger charge is -2.24. The summed E-state index contributed by atoms with van der Waals surface area (Å²) in [6.07, 6.45) is 5.29. The molecular formula is C14H28N2OS. The summed E-state index contributed by atoms with van der Waals surface area (Å²) in [6, 6.07) is 0.800. The minimum Gasteiger partial charge on any atom is -0.385 e. The summed E-state index contributed by atoms with van der Waals surface area (Å²) in [5.74, 6) is 3.58. The Bertz CT molecular complexity index is 222. The Labute approximate surface area is 116 Å². The van der Waals surface area contributed by atoms with Crippen LogP contribution < -0.4 is 5.32 Å². The van der Waals surface area contributed by atoms with Gasteiger partial charge >= 0.3 is 0 Å². The monoisotopic (exact) mass is 272 g/mol. The number of thioether (sulfide) groups is 1. The second-order valence-electron chi connectivity index (χ2n) is 5.60. The third kappa shape index (κ3) is 5.08. The van der Waals surface area contributed by atoms with Gasteiger partial charge in [0.25, 0.3) is 0 Å². The minimum atomic E-state index is 0.800. The van der Waals surface area contributed by atoms with Gasteiger partial charge in [-0.25, -0.2) is 0 Å². The molecule has 1 N–H and O–H groups in total. The van der Waals surface area contributed by atoms with Crippen molar-refractivity contribution in [3.8, 4) is 0 Å². The highest BCUT2D eigenvalue weighted by atomic mass is 32.2. The topological polar surface area (TPSA) is 24.5 Å². The zero-order valence-corrected chi connectivity index (χ0v) is 12.5. The fraction of sp³-hybridized carbons (Fsp3) is 1.00. The first-order valence-electron chi connectivity index (χ1n) is 7.41. The molecule has 0 saturated carbocycles. The molecule has 0 aromatic carbocycles. The van der Waals surface area contributed by atoms with Crippen LogP contribution in [0.15, 0.2) is 0 Å². The van der Waals surface area contributed by atoms with Gasteiger partial charge in [-0.1, -0.05) is 0 Å². The predicted octanol–water partition coefficient (Wildman–Crippen LogP) is 1.83. The van der Waals surface area contributed by atoms with Crippen LogP contribution in [0.25, 0.3) is 0 Å². The first-order valence-corrected chi connectivity index (χ1v) is 8.56. The lowest BCUT2D eigenvalue weighted by Crippen LogP contribution is -2.36. The molecule has 1 atom stereocenters. The van der Waals surface area contributed by atoms with Crippen molar-refractivity contribution < 1.29 is 4.74 Å². The summed E-state index contributed by atoms with van der Waals surface area (Å²) >= 11 is 2.11. The smallest absolute Gasteiger partial charge is 0.0474 e. The van der Waals surface area contributed by atoms with E-state index in [9.17, 15) is 0 Å². The van der Waals surface area contributed by atoms with E-state index in [1.807, 2.05) is 0 Å². The maximum absolute atomic E-state index is 5.11. The van der Waals surface area contributed by atoms with Gasteiger partial charge in [-0.05, 0) is 56.2 Å². The van der Waals surface area contributed by atoms with E-state index in [2.05, 4.69) is 22.0 Å². The first-order chi connectivity index (χ1) is 8.88. The molecular weight excluding hydrogens is 244 g/mol. The highest BCUT2D eigenvalue weighted by Gasteiger charge is 2.23. The Hall–Kier alpha value is 0.230. The summed E-state index contributed by atoms with van der Waals surface area (Å²) in [7, 11) is 1.79. The minimum absolute atomic E-state index is 0.800. The van der Waals surface area contributed by atoms with Crippen molar-refractivity contribution in [2.45, 2.75) is 31.7 Å². The van der Waals surface area contributed by atoms with Crippen molar-refractivity contribution in [3.05, 3.63) is 0 Å². The maximum Gasteiger partial charge on any atom is 0.0474 e. The van der Waals surface area contributed by atoms with Crippen LogP contribution >= 0.6 is 11.8 Å². The highest BCUT2D eigenvalue weighted by Crippen LogP contribution is 2.19. The zero-order valence-electron chi connectivity index (χ0n) is 11.7. The number of nitrogens with one attached hydrogen (secondary N) is 1. The van der Waals surface area contributed by atoms with Crippen LogP contribution in [0.1, 0.15) is 25.7 Å². The number of likely N-dealkylation sites (tertiary alicyclic amines) is 1. The van der Waals surface area contributed by atoms with Crippen LogP contribution in [-0.4, -0.2) is 62.3 Å². The van der Waals surface area contributed by atoms with E-state index in [1.54, 1.807) is 7.11 Å². The zero-order chi connectivity index (χ0) is 12.6. The largest absolute Gasteiger partial charge is 0.385 e. The molecule has 106 valence electrons. The van der Waals surface area contributed by atoms with Crippen molar-refractivity contribution >= 4 is 11.8 Å². The number of methoxy groups -OCH3 is 1. The summed E-state index contributed by atoms with van der Waals surface area (Å²) in [6.45, 7) is 5.93. The Morgan fingerprint density at radius 2 is 2.11 bits per heavy atom. The molecule has 0 bridgehead atoms. The molecule has 0 amide bonds. The van der Waals surface area contributed by atoms with Crippen molar-refractivity contribution in [2.24, 2.45) is 5.92 Å². The van der Waals surface area contributed by atoms with Crippen LogP contribution in [0, 0.1) is 5.92 Å². The molecule has 0 aliphatic carbocycles. The second-order valence-corrected chi connectivity index (χ2v) is 6.82. The van der Waals surface area contributed by atoms with Gasteiger partial charge in [0.15, 0.2) is 0 Å². The number of hydrogen-bond acceptors (Lipinski definition) is 4. The molecule has 2 saturated heterocycles. The lowest BCUT2D eigenvalue weighted by atomic mass is 10.1. The number of hydrogen-bond donors (Lipinski definition) is 1. The molecule has 1 unspecified atom stereocenters. The van der Waals surface area contributed by atoms with Gasteiger partial charge in [0.1, 0.15) is 0 Å². The summed E-state index contributed by atoms with van der Waals surface area (Å²) in [4.78, 5) is 2.60. The van der Waals surface area contributed by atoms with E-state index in [4.69, 9.17) is 4.74 Å². The molecule has 2 heterocycles. The Morgan fingerprint density at radius 3 is 2.89 bits per heavy atom. The van der Waals surface area contributed by atoms with E-state index >= 15 is 0 Å². The SMILES string of the molecule is COCCCN1CCC(CNC2CCSCC2)C1. The van der Waals surface area contributed by atoms with Crippen molar-refractivity contribution in [3.63, 3.8) is 0 Å². The first kappa shape index (κ1) is 14.6. The average molecular weight is 272 g/mol. The molecule has 0 aromatic heterocycles. The Kier molecular flexibility index (Phi) is 6.84. The van der Waals surface area contributed by atoms with Gasteiger partial charge in [0, 0.05) is 32.8 Å². The van der Waals surface area contributed by atoms with Crippen LogP contribution in [0.2, 0.25) is 0 Å². The third-order valence-corrected chi connectivity index (χ3v) is 5.16. The van der Waals surface area contributed by atoms with E-state index in [1.165, 1.54) is 63.4 Å². The second kappa shape index (κ2) is 8.41. The molecule has 4 heteroatoms. The summed E-state index contributed by atoms with van der Waals surface area (Å²) in [5.41, 5.74) is 0. The molecule has 0 aromatic rings. The van der Waals surface area contributed by atoms with Gasteiger partial charge in [-0.2, -0.15) is 11.8 Å². The van der Waals surface area contributed by atoms with Crippen LogP contribution in [0.4, 0.5) is 0 Å². The number of ether oxygens (including phenoxy) is 1. The van der Waals surface area contributed by atoms with Crippen LogP contribution in [-0.2, 0) is 4.74 Å². The molecule has 3 nitrogen and oxygen atoms in total. The molecule has 0 spiro atoms. The molecule has 2 aliphatic rings. The van der Waals surface area contributed by atoms with Gasteiger partial charge in [-0.3, -0.25) is 0 Å². The van der Waals surface area contributed by atoms with Gasteiger partial charge in [-0.15, -0.1) is 0 Å².